The Morgan fingerprint density at radius 3 is 2.60 bits per heavy atom. The predicted octanol–water partition coefficient (Wildman–Crippen LogP) is 4.10. The average Bonchev–Trinajstić information content (AvgIpc) is 2.49. The molecule has 0 fully saturated rings. The number of rotatable bonds is 5. The summed E-state index contributed by atoms with van der Waals surface area (Å²) < 4.78 is 0. The number of nitrogens with one attached hydrogen (secondary N) is 1. The van der Waals surface area contributed by atoms with Gasteiger partial charge in [-0.05, 0) is 29.2 Å². The van der Waals surface area contributed by atoms with Crippen LogP contribution in [-0.2, 0) is 6.54 Å². The number of nitriles is 1. The molecule has 2 aromatic rings. The number of nitrogens with zero attached hydrogens (tertiary/aromatic N) is 1. The van der Waals surface area contributed by atoms with Crippen molar-refractivity contribution >= 4 is 11.6 Å². The molecule has 2 aromatic carbocycles. The number of hydrogen-bond donors (Lipinski definition) is 1. The SMILES string of the molecule is CC(CNCc1ccc(C#N)cc1Cl)c1ccccc1. The first-order chi connectivity index (χ1) is 9.70. The van der Waals surface area contributed by atoms with Crippen molar-refractivity contribution in [2.24, 2.45) is 0 Å². The van der Waals surface area contributed by atoms with Gasteiger partial charge >= 0.3 is 0 Å². The summed E-state index contributed by atoms with van der Waals surface area (Å²) in [6.07, 6.45) is 0. The molecule has 2 rings (SSSR count). The van der Waals surface area contributed by atoms with Crippen molar-refractivity contribution in [3.05, 3.63) is 70.2 Å². The van der Waals surface area contributed by atoms with Crippen molar-refractivity contribution < 1.29 is 0 Å². The van der Waals surface area contributed by atoms with E-state index in [1.807, 2.05) is 12.1 Å². The van der Waals surface area contributed by atoms with Gasteiger partial charge < -0.3 is 5.32 Å². The van der Waals surface area contributed by atoms with E-state index >= 15 is 0 Å². The Morgan fingerprint density at radius 1 is 1.20 bits per heavy atom. The topological polar surface area (TPSA) is 35.8 Å². The van der Waals surface area contributed by atoms with Crippen LogP contribution in [0.4, 0.5) is 0 Å². The lowest BCUT2D eigenvalue weighted by atomic mass is 10.0. The maximum absolute atomic E-state index is 8.80. The van der Waals surface area contributed by atoms with E-state index in [9.17, 15) is 0 Å². The van der Waals surface area contributed by atoms with Gasteiger partial charge in [-0.15, -0.1) is 0 Å². The molecule has 0 spiro atoms. The highest BCUT2D eigenvalue weighted by atomic mass is 35.5. The molecule has 0 aliphatic carbocycles. The first kappa shape index (κ1) is 14.6. The van der Waals surface area contributed by atoms with Gasteiger partial charge in [0, 0.05) is 18.1 Å². The van der Waals surface area contributed by atoms with E-state index in [2.05, 4.69) is 42.6 Å². The first-order valence-corrected chi connectivity index (χ1v) is 7.02. The molecule has 20 heavy (non-hydrogen) atoms. The van der Waals surface area contributed by atoms with Crippen molar-refractivity contribution in [1.29, 1.82) is 5.26 Å². The quantitative estimate of drug-likeness (QED) is 0.897. The van der Waals surface area contributed by atoms with Crippen LogP contribution in [-0.4, -0.2) is 6.54 Å². The normalized spacial score (nSPS) is 11.8. The van der Waals surface area contributed by atoms with Crippen molar-refractivity contribution in [2.75, 3.05) is 6.54 Å². The number of benzene rings is 2. The molecule has 0 radical (unpaired) electrons. The van der Waals surface area contributed by atoms with Gasteiger partial charge in [-0.3, -0.25) is 0 Å². The molecule has 0 aromatic heterocycles. The van der Waals surface area contributed by atoms with Crippen LogP contribution in [0.25, 0.3) is 0 Å². The van der Waals surface area contributed by atoms with Gasteiger partial charge in [-0.25, -0.2) is 0 Å². The van der Waals surface area contributed by atoms with Gasteiger partial charge in [0.2, 0.25) is 0 Å². The molecule has 1 atom stereocenters. The van der Waals surface area contributed by atoms with Crippen molar-refractivity contribution in [1.82, 2.24) is 5.32 Å². The molecule has 1 N–H and O–H groups in total. The lowest BCUT2D eigenvalue weighted by molar-refractivity contribution is 0.615. The average molecular weight is 285 g/mol. The molecule has 0 saturated heterocycles. The van der Waals surface area contributed by atoms with Crippen LogP contribution in [0.2, 0.25) is 5.02 Å². The highest BCUT2D eigenvalue weighted by Gasteiger charge is 2.06. The van der Waals surface area contributed by atoms with Crippen LogP contribution in [0.15, 0.2) is 48.5 Å². The smallest absolute Gasteiger partial charge is 0.0992 e. The minimum atomic E-state index is 0.452. The zero-order valence-corrected chi connectivity index (χ0v) is 12.2. The molecule has 0 saturated carbocycles. The van der Waals surface area contributed by atoms with Crippen molar-refractivity contribution in [3.63, 3.8) is 0 Å². The third-order valence-electron chi connectivity index (χ3n) is 3.32. The summed E-state index contributed by atoms with van der Waals surface area (Å²) in [5.74, 6) is 0.452. The van der Waals surface area contributed by atoms with Gasteiger partial charge in [0.05, 0.1) is 11.6 Å². The standard InChI is InChI=1S/C17H17ClN2/c1-13(15-5-3-2-4-6-15)11-20-12-16-8-7-14(10-19)9-17(16)18/h2-9,13,20H,11-12H2,1H3. The summed E-state index contributed by atoms with van der Waals surface area (Å²) in [6, 6.07) is 17.9. The number of halogens is 1. The van der Waals surface area contributed by atoms with Crippen LogP contribution < -0.4 is 5.32 Å². The van der Waals surface area contributed by atoms with Gasteiger partial charge in [-0.2, -0.15) is 5.26 Å². The van der Waals surface area contributed by atoms with E-state index in [0.717, 1.165) is 12.1 Å². The molecule has 0 amide bonds. The molecule has 102 valence electrons. The molecule has 0 aliphatic heterocycles. The van der Waals surface area contributed by atoms with Gasteiger partial charge in [0.15, 0.2) is 0 Å². The highest BCUT2D eigenvalue weighted by molar-refractivity contribution is 6.31. The van der Waals surface area contributed by atoms with E-state index in [1.165, 1.54) is 5.56 Å². The number of hydrogen-bond acceptors (Lipinski definition) is 2. The van der Waals surface area contributed by atoms with Crippen LogP contribution in [0.1, 0.15) is 29.5 Å². The van der Waals surface area contributed by atoms with Crippen LogP contribution in [0.3, 0.4) is 0 Å². The third-order valence-corrected chi connectivity index (χ3v) is 3.67. The predicted molar refractivity (Wildman–Crippen MR) is 82.7 cm³/mol. The molecule has 3 heteroatoms. The van der Waals surface area contributed by atoms with Crippen LogP contribution in [0, 0.1) is 11.3 Å². The van der Waals surface area contributed by atoms with E-state index < -0.39 is 0 Å². The fourth-order valence-electron chi connectivity index (χ4n) is 2.08. The monoisotopic (exact) mass is 284 g/mol. The fourth-order valence-corrected chi connectivity index (χ4v) is 2.33. The van der Waals surface area contributed by atoms with E-state index in [-0.39, 0.29) is 0 Å². The van der Waals surface area contributed by atoms with E-state index in [0.29, 0.717) is 23.0 Å². The van der Waals surface area contributed by atoms with E-state index in [1.54, 1.807) is 12.1 Å². The van der Waals surface area contributed by atoms with Crippen LogP contribution >= 0.6 is 11.6 Å². The highest BCUT2D eigenvalue weighted by Crippen LogP contribution is 2.18. The Morgan fingerprint density at radius 2 is 1.95 bits per heavy atom. The largest absolute Gasteiger partial charge is 0.312 e. The fraction of sp³-hybridized carbons (Fsp3) is 0.235. The van der Waals surface area contributed by atoms with Crippen molar-refractivity contribution in [3.8, 4) is 6.07 Å². The lowest BCUT2D eigenvalue weighted by Gasteiger charge is -2.13. The Labute approximate surface area is 125 Å². The van der Waals surface area contributed by atoms with E-state index in [4.69, 9.17) is 16.9 Å². The van der Waals surface area contributed by atoms with Crippen LogP contribution in [0.5, 0.6) is 0 Å². The summed E-state index contributed by atoms with van der Waals surface area (Å²) >= 11 is 6.15. The van der Waals surface area contributed by atoms with Gasteiger partial charge in [0.1, 0.15) is 0 Å². The maximum Gasteiger partial charge on any atom is 0.0992 e. The maximum atomic E-state index is 8.80. The summed E-state index contributed by atoms with van der Waals surface area (Å²) in [7, 11) is 0. The van der Waals surface area contributed by atoms with Gasteiger partial charge in [-0.1, -0.05) is 54.9 Å². The summed E-state index contributed by atoms with van der Waals surface area (Å²) in [4.78, 5) is 0. The summed E-state index contributed by atoms with van der Waals surface area (Å²) in [5, 5.41) is 12.9. The van der Waals surface area contributed by atoms with Crippen molar-refractivity contribution in [2.45, 2.75) is 19.4 Å². The third kappa shape index (κ3) is 3.84. The lowest BCUT2D eigenvalue weighted by Crippen LogP contribution is -2.19. The molecule has 0 bridgehead atoms. The second-order valence-electron chi connectivity index (χ2n) is 4.86. The Kier molecular flexibility index (Phi) is 5.17. The Bertz CT molecular complexity index is 602. The minimum absolute atomic E-state index is 0.452. The minimum Gasteiger partial charge on any atom is -0.312 e. The Hall–Kier alpha value is -1.82. The Balaban J connectivity index is 1.89. The molecule has 2 nitrogen and oxygen atoms in total. The summed E-state index contributed by atoms with van der Waals surface area (Å²) in [5.41, 5.74) is 2.94. The summed E-state index contributed by atoms with van der Waals surface area (Å²) in [6.45, 7) is 3.80. The zero-order valence-electron chi connectivity index (χ0n) is 11.4. The molecule has 1 unspecified atom stereocenters. The second-order valence-corrected chi connectivity index (χ2v) is 5.27. The van der Waals surface area contributed by atoms with Gasteiger partial charge in [0.25, 0.3) is 0 Å². The molecular formula is C17H17ClN2. The first-order valence-electron chi connectivity index (χ1n) is 6.65. The molecular weight excluding hydrogens is 268 g/mol. The molecule has 0 aliphatic rings. The second kappa shape index (κ2) is 7.09. The zero-order chi connectivity index (χ0) is 14.4. The molecule has 0 heterocycles.